The molecule has 0 amide bonds. The van der Waals surface area contributed by atoms with Crippen molar-refractivity contribution >= 4 is 27.2 Å². The van der Waals surface area contributed by atoms with Gasteiger partial charge in [-0.25, -0.2) is 8.42 Å². The number of ether oxygens (including phenoxy) is 1. The van der Waals surface area contributed by atoms with E-state index in [2.05, 4.69) is 4.74 Å². The van der Waals surface area contributed by atoms with E-state index in [-0.39, 0.29) is 6.61 Å². The van der Waals surface area contributed by atoms with Crippen LogP contribution < -0.4 is 0 Å². The largest absolute Gasteiger partial charge is 0.465 e. The molecule has 0 spiro atoms. The number of benzene rings is 1. The monoisotopic (exact) mass is 318 g/mol. The smallest absolute Gasteiger partial charge is 0.321 e. The molecule has 0 unspecified atom stereocenters. The summed E-state index contributed by atoms with van der Waals surface area (Å²) in [5.74, 6) is -2.15. The third-order valence-electron chi connectivity index (χ3n) is 2.30. The molecule has 0 aliphatic heterocycles. The van der Waals surface area contributed by atoms with E-state index in [4.69, 9.17) is 0 Å². The molecule has 1 rings (SSSR count). The second-order valence-corrected chi connectivity index (χ2v) is 5.69. The van der Waals surface area contributed by atoms with E-state index in [0.717, 1.165) is 12.1 Å². The fraction of sp³-hybridized carbons (Fsp3) is 0.300. The summed E-state index contributed by atoms with van der Waals surface area (Å²) in [6.45, 7) is 1.43. The first-order chi connectivity index (χ1) is 9.69. The summed E-state index contributed by atoms with van der Waals surface area (Å²) in [5.41, 5.74) is -1.59. The summed E-state index contributed by atoms with van der Waals surface area (Å²) in [4.78, 5) is 29.9. The average molecular weight is 318 g/mol. The lowest BCUT2D eigenvalue weighted by Crippen LogP contribution is -2.19. The summed E-state index contributed by atoms with van der Waals surface area (Å²) >= 11 is 0. The minimum absolute atomic E-state index is 0.0449. The van der Waals surface area contributed by atoms with E-state index in [1.54, 1.807) is 0 Å². The quantitative estimate of drug-likeness (QED) is 0.425. The van der Waals surface area contributed by atoms with Gasteiger partial charge in [-0.15, -0.1) is 0 Å². The van der Waals surface area contributed by atoms with Crippen LogP contribution in [-0.2, 0) is 19.4 Å². The second-order valence-electron chi connectivity index (χ2n) is 3.73. The Morgan fingerprint density at radius 1 is 1.24 bits per heavy atom. The van der Waals surface area contributed by atoms with Crippen LogP contribution in [0.5, 0.6) is 0 Å². The number of carbonyl (C=O) groups excluding carboxylic acids is 1. The Morgan fingerprint density at radius 2 is 1.86 bits per heavy atom. The van der Waals surface area contributed by atoms with Gasteiger partial charge in [-0.2, -0.15) is 0 Å². The molecule has 0 N–H and O–H groups in total. The number of hydrogen-bond acceptors (Lipinski definition) is 8. The predicted molar refractivity (Wildman–Crippen MR) is 68.4 cm³/mol. The zero-order valence-corrected chi connectivity index (χ0v) is 11.5. The lowest BCUT2D eigenvalue weighted by Gasteiger charge is -2.05. The molecule has 0 fully saturated rings. The van der Waals surface area contributed by atoms with Gasteiger partial charge < -0.3 is 4.74 Å². The van der Waals surface area contributed by atoms with Crippen molar-refractivity contribution in [3.63, 3.8) is 0 Å². The molecule has 0 saturated heterocycles. The fourth-order valence-electron chi connectivity index (χ4n) is 1.46. The molecular weight excluding hydrogens is 308 g/mol. The molecule has 10 nitrogen and oxygen atoms in total. The van der Waals surface area contributed by atoms with Crippen molar-refractivity contribution in [2.24, 2.45) is 0 Å². The van der Waals surface area contributed by atoms with Crippen LogP contribution in [0, 0.1) is 20.2 Å². The fourth-order valence-corrected chi connectivity index (χ4v) is 2.74. The van der Waals surface area contributed by atoms with Crippen LogP contribution in [0.4, 0.5) is 11.4 Å². The number of non-ortho nitro benzene ring substituents is 1. The Bertz CT molecular complexity index is 697. The van der Waals surface area contributed by atoms with Crippen molar-refractivity contribution in [3.8, 4) is 0 Å². The maximum Gasteiger partial charge on any atom is 0.321 e. The Balaban J connectivity index is 3.32. The van der Waals surface area contributed by atoms with E-state index in [1.165, 1.54) is 6.92 Å². The molecule has 0 atom stereocenters. The second kappa shape index (κ2) is 6.26. The summed E-state index contributed by atoms with van der Waals surface area (Å²) in [5, 5.41) is 21.4. The normalized spacial score (nSPS) is 10.9. The van der Waals surface area contributed by atoms with Crippen LogP contribution >= 0.6 is 0 Å². The van der Waals surface area contributed by atoms with Crippen LogP contribution in [0.2, 0.25) is 0 Å². The van der Waals surface area contributed by atoms with E-state index in [0.29, 0.717) is 6.07 Å². The number of sulfone groups is 1. The van der Waals surface area contributed by atoms with E-state index in [9.17, 15) is 33.4 Å². The minimum Gasteiger partial charge on any atom is -0.465 e. The van der Waals surface area contributed by atoms with Crippen LogP contribution in [0.25, 0.3) is 0 Å². The predicted octanol–water partition coefficient (Wildman–Crippen LogP) is 0.840. The van der Waals surface area contributed by atoms with E-state index in [1.807, 2.05) is 0 Å². The summed E-state index contributed by atoms with van der Waals surface area (Å²) < 4.78 is 28.4. The van der Waals surface area contributed by atoms with Crippen LogP contribution in [0.15, 0.2) is 23.1 Å². The lowest BCUT2D eigenvalue weighted by atomic mass is 10.3. The van der Waals surface area contributed by atoms with Crippen LogP contribution in [-0.4, -0.2) is 36.6 Å². The van der Waals surface area contributed by atoms with Gasteiger partial charge in [0, 0.05) is 6.07 Å². The van der Waals surface area contributed by atoms with Gasteiger partial charge >= 0.3 is 5.97 Å². The van der Waals surface area contributed by atoms with Crippen molar-refractivity contribution < 1.29 is 27.8 Å². The van der Waals surface area contributed by atoms with Gasteiger partial charge in [0.2, 0.25) is 0 Å². The van der Waals surface area contributed by atoms with E-state index >= 15 is 0 Å². The molecule has 11 heteroatoms. The molecule has 0 aliphatic rings. The average Bonchev–Trinajstić information content (AvgIpc) is 2.37. The number of nitro groups is 2. The highest BCUT2D eigenvalue weighted by Gasteiger charge is 2.30. The summed E-state index contributed by atoms with van der Waals surface area (Å²) in [6, 6.07) is 2.06. The Labute approximate surface area is 118 Å². The highest BCUT2D eigenvalue weighted by molar-refractivity contribution is 7.92. The molecule has 0 aliphatic carbocycles. The number of nitro benzene ring substituents is 2. The first kappa shape index (κ1) is 16.5. The SMILES string of the molecule is CCOC(=O)CS(=O)(=O)c1ccc([N+](=O)[O-])cc1[N+](=O)[O-]. The number of nitrogens with zero attached hydrogens (tertiary/aromatic N) is 2. The Kier molecular flexibility index (Phi) is 4.92. The molecule has 0 bridgehead atoms. The number of hydrogen-bond donors (Lipinski definition) is 0. The van der Waals surface area contributed by atoms with Gasteiger partial charge in [-0.3, -0.25) is 25.0 Å². The molecule has 21 heavy (non-hydrogen) atoms. The summed E-state index contributed by atoms with van der Waals surface area (Å²) in [6.07, 6.45) is 0. The Hall–Kier alpha value is -2.56. The van der Waals surface area contributed by atoms with Gasteiger partial charge in [0.1, 0.15) is 4.90 Å². The highest BCUT2D eigenvalue weighted by atomic mass is 32.2. The Morgan fingerprint density at radius 3 is 2.33 bits per heavy atom. The number of esters is 1. The zero-order valence-electron chi connectivity index (χ0n) is 10.7. The maximum absolute atomic E-state index is 11.9. The molecule has 0 saturated carbocycles. The molecule has 0 heterocycles. The van der Waals surface area contributed by atoms with Gasteiger partial charge in [0.05, 0.1) is 22.5 Å². The first-order valence-corrected chi connectivity index (χ1v) is 7.15. The van der Waals surface area contributed by atoms with Gasteiger partial charge in [0.25, 0.3) is 11.4 Å². The standard InChI is InChI=1S/C10H10N2O8S/c1-2-20-10(13)6-21(18,19)9-4-3-7(11(14)15)5-8(9)12(16)17/h3-5H,2,6H2,1H3. The van der Waals surface area contributed by atoms with Crippen molar-refractivity contribution in [2.75, 3.05) is 12.4 Å². The van der Waals surface area contributed by atoms with Crippen molar-refractivity contribution in [3.05, 3.63) is 38.4 Å². The van der Waals surface area contributed by atoms with Crippen molar-refractivity contribution in [2.45, 2.75) is 11.8 Å². The number of rotatable bonds is 6. The van der Waals surface area contributed by atoms with Crippen molar-refractivity contribution in [1.29, 1.82) is 0 Å². The topological polar surface area (TPSA) is 147 Å². The van der Waals surface area contributed by atoms with Gasteiger partial charge in [-0.05, 0) is 13.0 Å². The van der Waals surface area contributed by atoms with E-state index < -0.39 is 47.7 Å². The van der Waals surface area contributed by atoms with Crippen molar-refractivity contribution in [1.82, 2.24) is 0 Å². The van der Waals surface area contributed by atoms with Crippen LogP contribution in [0.1, 0.15) is 6.92 Å². The highest BCUT2D eigenvalue weighted by Crippen LogP contribution is 2.29. The summed E-state index contributed by atoms with van der Waals surface area (Å²) in [7, 11) is -4.34. The van der Waals surface area contributed by atoms with Gasteiger partial charge in [-0.1, -0.05) is 0 Å². The number of carbonyl (C=O) groups is 1. The molecule has 0 aromatic heterocycles. The third kappa shape index (κ3) is 3.95. The minimum atomic E-state index is -4.34. The molecule has 1 aromatic rings. The zero-order chi connectivity index (χ0) is 16.2. The molecule has 0 radical (unpaired) electrons. The van der Waals surface area contributed by atoms with Crippen LogP contribution in [0.3, 0.4) is 0 Å². The molecule has 1 aromatic carbocycles. The molecular formula is C10H10N2O8S. The molecule has 114 valence electrons. The first-order valence-electron chi connectivity index (χ1n) is 5.50. The lowest BCUT2D eigenvalue weighted by molar-refractivity contribution is -0.396. The maximum atomic E-state index is 11.9. The third-order valence-corrected chi connectivity index (χ3v) is 3.93. The van der Waals surface area contributed by atoms with Gasteiger partial charge in [0.15, 0.2) is 15.6 Å².